The van der Waals surface area contributed by atoms with E-state index in [4.69, 9.17) is 0 Å². The van der Waals surface area contributed by atoms with Gasteiger partial charge in [0.05, 0.1) is 23.4 Å². The van der Waals surface area contributed by atoms with Crippen LogP contribution in [0.4, 0.5) is 5.69 Å². The summed E-state index contributed by atoms with van der Waals surface area (Å²) in [6.45, 7) is 2.01. The molecule has 2 aliphatic heterocycles. The molecule has 0 aliphatic carbocycles. The molecule has 2 aliphatic rings. The minimum Gasteiger partial charge on any atom is -0.334 e. The Morgan fingerprint density at radius 2 is 2.07 bits per heavy atom. The SMILES string of the molecule is O=C(c1ccc2ncccc2c1)N1CC(n2cc(N3CCCC3=O)cn2)C1. The van der Waals surface area contributed by atoms with Crippen LogP contribution in [-0.2, 0) is 4.79 Å². The summed E-state index contributed by atoms with van der Waals surface area (Å²) in [5, 5.41) is 5.37. The molecule has 7 nitrogen and oxygen atoms in total. The molecule has 0 atom stereocenters. The zero-order valence-corrected chi connectivity index (χ0v) is 14.8. The molecule has 0 spiro atoms. The van der Waals surface area contributed by atoms with Crippen molar-refractivity contribution in [3.05, 3.63) is 54.5 Å². The van der Waals surface area contributed by atoms with E-state index in [0.717, 1.165) is 29.6 Å². The molecule has 0 saturated carbocycles. The van der Waals surface area contributed by atoms with E-state index in [1.54, 1.807) is 17.3 Å². The van der Waals surface area contributed by atoms with Gasteiger partial charge < -0.3 is 9.80 Å². The fourth-order valence-corrected chi connectivity index (χ4v) is 3.77. The molecule has 2 aromatic heterocycles. The van der Waals surface area contributed by atoms with Gasteiger partial charge in [0.1, 0.15) is 0 Å². The highest BCUT2D eigenvalue weighted by Gasteiger charge is 2.33. The second kappa shape index (κ2) is 6.19. The van der Waals surface area contributed by atoms with Crippen molar-refractivity contribution in [2.24, 2.45) is 0 Å². The van der Waals surface area contributed by atoms with Crippen LogP contribution < -0.4 is 4.90 Å². The van der Waals surface area contributed by atoms with Gasteiger partial charge in [-0.2, -0.15) is 5.10 Å². The lowest BCUT2D eigenvalue weighted by Crippen LogP contribution is -2.50. The maximum Gasteiger partial charge on any atom is 0.254 e. The molecule has 2 saturated heterocycles. The van der Waals surface area contributed by atoms with Crippen LogP contribution in [0.25, 0.3) is 10.9 Å². The van der Waals surface area contributed by atoms with E-state index >= 15 is 0 Å². The zero-order chi connectivity index (χ0) is 18.4. The highest BCUT2D eigenvalue weighted by molar-refractivity contribution is 5.98. The molecule has 27 heavy (non-hydrogen) atoms. The van der Waals surface area contributed by atoms with Crippen molar-refractivity contribution in [2.45, 2.75) is 18.9 Å². The average Bonchev–Trinajstić information content (AvgIpc) is 3.29. The van der Waals surface area contributed by atoms with Gasteiger partial charge in [0.25, 0.3) is 5.91 Å². The first-order valence-corrected chi connectivity index (χ1v) is 9.17. The fraction of sp³-hybridized carbons (Fsp3) is 0.300. The molecule has 5 rings (SSSR count). The highest BCUT2D eigenvalue weighted by Crippen LogP contribution is 2.27. The number of carbonyl (C=O) groups is 2. The third kappa shape index (κ3) is 2.75. The highest BCUT2D eigenvalue weighted by atomic mass is 16.2. The minimum absolute atomic E-state index is 0.0269. The van der Waals surface area contributed by atoms with Crippen LogP contribution in [0.2, 0.25) is 0 Å². The minimum atomic E-state index is 0.0269. The summed E-state index contributed by atoms with van der Waals surface area (Å²) in [4.78, 5) is 32.5. The number of hydrogen-bond donors (Lipinski definition) is 0. The van der Waals surface area contributed by atoms with Gasteiger partial charge in [0, 0.05) is 49.4 Å². The van der Waals surface area contributed by atoms with Crippen LogP contribution >= 0.6 is 0 Å². The van der Waals surface area contributed by atoms with Crippen molar-refractivity contribution < 1.29 is 9.59 Å². The lowest BCUT2D eigenvalue weighted by atomic mass is 10.1. The molecular formula is C20H19N5O2. The number of benzene rings is 1. The largest absolute Gasteiger partial charge is 0.334 e. The van der Waals surface area contributed by atoms with E-state index in [1.165, 1.54) is 0 Å². The van der Waals surface area contributed by atoms with E-state index in [9.17, 15) is 9.59 Å². The van der Waals surface area contributed by atoms with Crippen molar-refractivity contribution >= 4 is 28.4 Å². The molecule has 4 heterocycles. The Bertz CT molecular complexity index is 1040. The molecule has 0 N–H and O–H groups in total. The quantitative estimate of drug-likeness (QED) is 0.717. The number of rotatable bonds is 3. The summed E-state index contributed by atoms with van der Waals surface area (Å²) in [6.07, 6.45) is 6.91. The smallest absolute Gasteiger partial charge is 0.254 e. The molecule has 7 heteroatoms. The van der Waals surface area contributed by atoms with E-state index in [1.807, 2.05) is 46.1 Å². The third-order valence-corrected chi connectivity index (χ3v) is 5.35. The fourth-order valence-electron chi connectivity index (χ4n) is 3.77. The lowest BCUT2D eigenvalue weighted by molar-refractivity contribution is -0.117. The second-order valence-electron chi connectivity index (χ2n) is 7.10. The first kappa shape index (κ1) is 16.0. The number of likely N-dealkylation sites (tertiary alicyclic amines) is 1. The number of anilines is 1. The van der Waals surface area contributed by atoms with E-state index < -0.39 is 0 Å². The monoisotopic (exact) mass is 361 g/mol. The summed E-state index contributed by atoms with van der Waals surface area (Å²) in [5.41, 5.74) is 2.41. The first-order valence-electron chi connectivity index (χ1n) is 9.17. The summed E-state index contributed by atoms with van der Waals surface area (Å²) in [5.74, 6) is 0.185. The number of carbonyl (C=O) groups excluding carboxylic acids is 2. The van der Waals surface area contributed by atoms with Gasteiger partial charge in [-0.1, -0.05) is 6.07 Å². The van der Waals surface area contributed by atoms with Crippen LogP contribution in [-0.4, -0.2) is 51.1 Å². The van der Waals surface area contributed by atoms with E-state index in [0.29, 0.717) is 25.1 Å². The van der Waals surface area contributed by atoms with Crippen LogP contribution in [0.1, 0.15) is 29.2 Å². The van der Waals surface area contributed by atoms with Crippen molar-refractivity contribution in [3.8, 4) is 0 Å². The van der Waals surface area contributed by atoms with Gasteiger partial charge in [-0.3, -0.25) is 19.3 Å². The second-order valence-corrected chi connectivity index (χ2v) is 7.10. The van der Waals surface area contributed by atoms with Gasteiger partial charge in [0.2, 0.25) is 5.91 Å². The topological polar surface area (TPSA) is 71.3 Å². The van der Waals surface area contributed by atoms with Crippen molar-refractivity contribution in [1.29, 1.82) is 0 Å². The standard InChI is InChI=1S/C20H19N5O2/c26-19-4-2-8-24(19)16-10-22-25(13-16)17-11-23(12-17)20(27)15-5-6-18-14(9-15)3-1-7-21-18/h1,3,5-7,9-10,13,17H,2,4,8,11-12H2. The Kier molecular flexibility index (Phi) is 3.67. The summed E-state index contributed by atoms with van der Waals surface area (Å²) >= 11 is 0. The number of hydrogen-bond acceptors (Lipinski definition) is 4. The average molecular weight is 361 g/mol. The Balaban J connectivity index is 1.26. The van der Waals surface area contributed by atoms with Crippen LogP contribution in [0.15, 0.2) is 48.9 Å². The van der Waals surface area contributed by atoms with Crippen LogP contribution in [0, 0.1) is 0 Å². The van der Waals surface area contributed by atoms with Crippen molar-refractivity contribution in [3.63, 3.8) is 0 Å². The lowest BCUT2D eigenvalue weighted by Gasteiger charge is -2.39. The first-order chi connectivity index (χ1) is 13.2. The Labute approximate surface area is 156 Å². The number of amides is 2. The Hall–Kier alpha value is -3.22. The molecule has 0 radical (unpaired) electrons. The number of aromatic nitrogens is 3. The molecule has 2 fully saturated rings. The van der Waals surface area contributed by atoms with E-state index in [-0.39, 0.29) is 17.9 Å². The maximum absolute atomic E-state index is 12.7. The summed E-state index contributed by atoms with van der Waals surface area (Å²) < 4.78 is 1.87. The molecule has 3 aromatic rings. The number of pyridine rings is 1. The van der Waals surface area contributed by atoms with Crippen molar-refractivity contribution in [2.75, 3.05) is 24.5 Å². The van der Waals surface area contributed by atoms with Crippen LogP contribution in [0.3, 0.4) is 0 Å². The van der Waals surface area contributed by atoms with Gasteiger partial charge >= 0.3 is 0 Å². The Morgan fingerprint density at radius 3 is 2.89 bits per heavy atom. The molecule has 0 unspecified atom stereocenters. The predicted octanol–water partition coefficient (Wildman–Crippen LogP) is 2.26. The maximum atomic E-state index is 12.7. The zero-order valence-electron chi connectivity index (χ0n) is 14.8. The Morgan fingerprint density at radius 1 is 1.19 bits per heavy atom. The predicted molar refractivity (Wildman–Crippen MR) is 100 cm³/mol. The molecular weight excluding hydrogens is 342 g/mol. The summed E-state index contributed by atoms with van der Waals surface area (Å²) in [6, 6.07) is 9.59. The van der Waals surface area contributed by atoms with Gasteiger partial charge in [-0.25, -0.2) is 0 Å². The number of nitrogens with zero attached hydrogens (tertiary/aromatic N) is 5. The van der Waals surface area contributed by atoms with Crippen molar-refractivity contribution in [1.82, 2.24) is 19.7 Å². The molecule has 2 amide bonds. The normalized spacial score (nSPS) is 17.6. The van der Waals surface area contributed by atoms with Crippen LogP contribution in [0.5, 0.6) is 0 Å². The molecule has 136 valence electrons. The third-order valence-electron chi connectivity index (χ3n) is 5.35. The molecule has 0 bridgehead atoms. The number of fused-ring (bicyclic) bond motifs is 1. The van der Waals surface area contributed by atoms with E-state index in [2.05, 4.69) is 10.1 Å². The van der Waals surface area contributed by atoms with Gasteiger partial charge in [0.15, 0.2) is 0 Å². The van der Waals surface area contributed by atoms with Gasteiger partial charge in [-0.05, 0) is 30.7 Å². The van der Waals surface area contributed by atoms with Gasteiger partial charge in [-0.15, -0.1) is 0 Å². The summed E-state index contributed by atoms with van der Waals surface area (Å²) in [7, 11) is 0. The molecule has 1 aromatic carbocycles.